The topological polar surface area (TPSA) is 89.4 Å². The summed E-state index contributed by atoms with van der Waals surface area (Å²) in [6.45, 7) is 1.99. The Morgan fingerprint density at radius 3 is 2.50 bits per heavy atom. The molecule has 1 aromatic heterocycles. The van der Waals surface area contributed by atoms with E-state index in [0.29, 0.717) is 12.2 Å². The highest BCUT2D eigenvalue weighted by Gasteiger charge is 2.22. The smallest absolute Gasteiger partial charge is 0.309 e. The van der Waals surface area contributed by atoms with Crippen molar-refractivity contribution in [2.45, 2.75) is 13.5 Å². The highest BCUT2D eigenvalue weighted by Crippen LogP contribution is 2.12. The van der Waals surface area contributed by atoms with Gasteiger partial charge in [0.2, 0.25) is 5.76 Å². The van der Waals surface area contributed by atoms with E-state index in [0.717, 1.165) is 5.56 Å². The van der Waals surface area contributed by atoms with Gasteiger partial charge in [0.15, 0.2) is 0 Å². The van der Waals surface area contributed by atoms with E-state index < -0.39 is 11.8 Å². The fraction of sp³-hybridized carbons (Fsp3) is 0.214. The Balaban J connectivity index is 2.15. The van der Waals surface area contributed by atoms with Gasteiger partial charge in [0.05, 0.1) is 5.69 Å². The Morgan fingerprint density at radius 2 is 1.95 bits per heavy atom. The highest BCUT2D eigenvalue weighted by molar-refractivity contribution is 5.94. The van der Waals surface area contributed by atoms with E-state index in [9.17, 15) is 9.59 Å². The normalized spacial score (nSPS) is 10.3. The predicted octanol–water partition coefficient (Wildman–Crippen LogP) is 1.35. The minimum atomic E-state index is -0.736. The molecule has 0 fully saturated rings. The van der Waals surface area contributed by atoms with Crippen molar-refractivity contribution < 1.29 is 14.0 Å². The molecule has 0 saturated carbocycles. The number of benzene rings is 1. The van der Waals surface area contributed by atoms with Gasteiger partial charge in [0.1, 0.15) is 0 Å². The SMILES string of the molecule is Cc1nc(C(=O)N(C)Cc2ccccc2)oc1C(N)=O. The second-order valence-electron chi connectivity index (χ2n) is 4.44. The molecule has 0 saturated heterocycles. The Kier molecular flexibility index (Phi) is 3.84. The van der Waals surface area contributed by atoms with Gasteiger partial charge in [-0.25, -0.2) is 4.98 Å². The van der Waals surface area contributed by atoms with Gasteiger partial charge in [-0.2, -0.15) is 0 Å². The number of oxazole rings is 1. The molecule has 2 amide bonds. The van der Waals surface area contributed by atoms with Crippen molar-refractivity contribution in [3.05, 3.63) is 53.2 Å². The zero-order chi connectivity index (χ0) is 14.7. The van der Waals surface area contributed by atoms with Crippen LogP contribution < -0.4 is 5.73 Å². The minimum Gasteiger partial charge on any atom is -0.427 e. The molecule has 6 heteroatoms. The largest absolute Gasteiger partial charge is 0.427 e. The number of nitrogens with zero attached hydrogens (tertiary/aromatic N) is 2. The molecule has 20 heavy (non-hydrogen) atoms. The van der Waals surface area contributed by atoms with Gasteiger partial charge in [-0.15, -0.1) is 0 Å². The molecule has 0 bridgehead atoms. The van der Waals surface area contributed by atoms with E-state index in [1.165, 1.54) is 4.90 Å². The molecule has 0 spiro atoms. The van der Waals surface area contributed by atoms with Crippen LogP contribution in [0.15, 0.2) is 34.7 Å². The van der Waals surface area contributed by atoms with Gasteiger partial charge in [-0.3, -0.25) is 9.59 Å². The summed E-state index contributed by atoms with van der Waals surface area (Å²) in [7, 11) is 1.64. The van der Waals surface area contributed by atoms with Gasteiger partial charge >= 0.3 is 5.91 Å². The summed E-state index contributed by atoms with van der Waals surface area (Å²) in [5.41, 5.74) is 6.43. The van der Waals surface area contributed by atoms with Crippen LogP contribution in [0.2, 0.25) is 0 Å². The van der Waals surface area contributed by atoms with Crippen LogP contribution in [0.5, 0.6) is 0 Å². The summed E-state index contributed by atoms with van der Waals surface area (Å²) in [6.07, 6.45) is 0. The first-order valence-electron chi connectivity index (χ1n) is 6.05. The van der Waals surface area contributed by atoms with E-state index in [4.69, 9.17) is 10.2 Å². The van der Waals surface area contributed by atoms with Crippen molar-refractivity contribution in [2.75, 3.05) is 7.05 Å². The molecule has 0 atom stereocenters. The summed E-state index contributed by atoms with van der Waals surface area (Å²) in [4.78, 5) is 28.6. The van der Waals surface area contributed by atoms with E-state index in [2.05, 4.69) is 4.98 Å². The molecule has 2 rings (SSSR count). The van der Waals surface area contributed by atoms with Crippen molar-refractivity contribution in [3.8, 4) is 0 Å². The second-order valence-corrected chi connectivity index (χ2v) is 4.44. The highest BCUT2D eigenvalue weighted by atomic mass is 16.4. The molecule has 2 N–H and O–H groups in total. The van der Waals surface area contributed by atoms with Crippen LogP contribution in [-0.4, -0.2) is 28.7 Å². The zero-order valence-corrected chi connectivity index (χ0v) is 11.3. The average Bonchev–Trinajstić information content (AvgIpc) is 2.81. The third-order valence-electron chi connectivity index (χ3n) is 2.81. The third-order valence-corrected chi connectivity index (χ3v) is 2.81. The first-order chi connectivity index (χ1) is 9.49. The van der Waals surface area contributed by atoms with E-state index in [1.807, 2.05) is 30.3 Å². The van der Waals surface area contributed by atoms with Crippen LogP contribution in [0, 0.1) is 6.92 Å². The van der Waals surface area contributed by atoms with Crippen molar-refractivity contribution >= 4 is 11.8 Å². The number of primary amides is 1. The number of hydrogen-bond acceptors (Lipinski definition) is 4. The van der Waals surface area contributed by atoms with Crippen LogP contribution in [-0.2, 0) is 6.54 Å². The molecule has 1 aromatic carbocycles. The van der Waals surface area contributed by atoms with E-state index in [-0.39, 0.29) is 11.7 Å². The molecule has 0 aliphatic heterocycles. The van der Waals surface area contributed by atoms with Crippen LogP contribution in [0.25, 0.3) is 0 Å². The molecule has 0 aliphatic rings. The molecule has 6 nitrogen and oxygen atoms in total. The van der Waals surface area contributed by atoms with Gasteiger partial charge in [-0.1, -0.05) is 30.3 Å². The third kappa shape index (κ3) is 2.85. The quantitative estimate of drug-likeness (QED) is 0.910. The number of rotatable bonds is 4. The zero-order valence-electron chi connectivity index (χ0n) is 11.3. The van der Waals surface area contributed by atoms with Gasteiger partial charge in [-0.05, 0) is 12.5 Å². The maximum absolute atomic E-state index is 12.2. The maximum Gasteiger partial charge on any atom is 0.309 e. The lowest BCUT2D eigenvalue weighted by Crippen LogP contribution is -2.26. The van der Waals surface area contributed by atoms with Crippen LogP contribution in [0.3, 0.4) is 0 Å². The monoisotopic (exact) mass is 273 g/mol. The van der Waals surface area contributed by atoms with Crippen LogP contribution in [0.1, 0.15) is 32.5 Å². The summed E-state index contributed by atoms with van der Waals surface area (Å²) in [5.74, 6) is -1.35. The van der Waals surface area contributed by atoms with Crippen molar-refractivity contribution in [1.82, 2.24) is 9.88 Å². The standard InChI is InChI=1S/C14H15N3O3/c1-9-11(12(15)18)20-13(16-9)14(19)17(2)8-10-6-4-3-5-7-10/h3-7H,8H2,1-2H3,(H2,15,18). The van der Waals surface area contributed by atoms with Crippen molar-refractivity contribution in [2.24, 2.45) is 5.73 Å². The van der Waals surface area contributed by atoms with Crippen LogP contribution in [0.4, 0.5) is 0 Å². The maximum atomic E-state index is 12.2. The lowest BCUT2D eigenvalue weighted by molar-refractivity contribution is 0.0742. The Morgan fingerprint density at radius 1 is 1.30 bits per heavy atom. The number of nitrogens with two attached hydrogens (primary N) is 1. The number of amides is 2. The van der Waals surface area contributed by atoms with E-state index >= 15 is 0 Å². The molecule has 104 valence electrons. The first kappa shape index (κ1) is 13.8. The van der Waals surface area contributed by atoms with Gasteiger partial charge < -0.3 is 15.1 Å². The fourth-order valence-corrected chi connectivity index (χ4v) is 1.81. The number of carbonyl (C=O) groups excluding carboxylic acids is 2. The first-order valence-corrected chi connectivity index (χ1v) is 6.05. The molecular formula is C14H15N3O3. The molecular weight excluding hydrogens is 258 g/mol. The summed E-state index contributed by atoms with van der Waals surface area (Å²) < 4.78 is 5.12. The Labute approximate surface area is 116 Å². The molecule has 0 aliphatic carbocycles. The number of aromatic nitrogens is 1. The molecule has 0 unspecified atom stereocenters. The van der Waals surface area contributed by atoms with Gasteiger partial charge in [0.25, 0.3) is 11.8 Å². The minimum absolute atomic E-state index is 0.0820. The van der Waals surface area contributed by atoms with Crippen LogP contribution >= 0.6 is 0 Å². The number of carbonyl (C=O) groups is 2. The molecule has 0 radical (unpaired) electrons. The lowest BCUT2D eigenvalue weighted by atomic mass is 10.2. The summed E-state index contributed by atoms with van der Waals surface area (Å²) in [6, 6.07) is 9.53. The Bertz CT molecular complexity index is 634. The average molecular weight is 273 g/mol. The summed E-state index contributed by atoms with van der Waals surface area (Å²) in [5, 5.41) is 0. The van der Waals surface area contributed by atoms with Gasteiger partial charge in [0, 0.05) is 13.6 Å². The summed E-state index contributed by atoms with van der Waals surface area (Å²) >= 11 is 0. The lowest BCUT2D eigenvalue weighted by Gasteiger charge is -2.14. The van der Waals surface area contributed by atoms with E-state index in [1.54, 1.807) is 14.0 Å². The number of hydrogen-bond donors (Lipinski definition) is 1. The van der Waals surface area contributed by atoms with Crippen molar-refractivity contribution in [3.63, 3.8) is 0 Å². The predicted molar refractivity (Wildman–Crippen MR) is 72.0 cm³/mol. The number of aryl methyl sites for hydroxylation is 1. The fourth-order valence-electron chi connectivity index (χ4n) is 1.81. The second kappa shape index (κ2) is 5.56. The Hall–Kier alpha value is -2.63. The van der Waals surface area contributed by atoms with Crippen molar-refractivity contribution in [1.29, 1.82) is 0 Å². The molecule has 2 aromatic rings. The molecule has 1 heterocycles.